The number of hydrogen-bond acceptors (Lipinski definition) is 4. The number of fused-ring (bicyclic) bond motifs is 7. The van der Waals surface area contributed by atoms with Crippen LogP contribution in [0, 0.1) is 23.5 Å². The highest BCUT2D eigenvalue weighted by atomic mass is 35.5. The van der Waals surface area contributed by atoms with Gasteiger partial charge in [-0.15, -0.1) is 0 Å². The number of amides is 3. The average Bonchev–Trinajstić information content (AvgIpc) is 3.42. The first kappa shape index (κ1) is 20.1. The highest BCUT2D eigenvalue weighted by Gasteiger charge is 2.75. The van der Waals surface area contributed by atoms with E-state index in [1.54, 1.807) is 4.90 Å². The summed E-state index contributed by atoms with van der Waals surface area (Å²) < 4.78 is 29.8. The van der Waals surface area contributed by atoms with Gasteiger partial charge in [-0.3, -0.25) is 19.3 Å². The zero-order chi connectivity index (χ0) is 22.5. The average molecular weight is 478 g/mol. The Morgan fingerprint density at radius 1 is 1.00 bits per heavy atom. The third kappa shape index (κ3) is 2.25. The molecule has 32 heavy (non-hydrogen) atoms. The molecule has 4 aliphatic rings. The second-order valence-electron chi connectivity index (χ2n) is 8.55. The summed E-state index contributed by atoms with van der Waals surface area (Å²) >= 11 is 12.2. The summed E-state index contributed by atoms with van der Waals surface area (Å²) in [6.07, 6.45) is 1.23. The van der Waals surface area contributed by atoms with Gasteiger partial charge in [-0.2, -0.15) is 0 Å². The zero-order valence-electron chi connectivity index (χ0n) is 16.4. The molecule has 4 heterocycles. The summed E-state index contributed by atoms with van der Waals surface area (Å²) in [7, 11) is 0. The van der Waals surface area contributed by atoms with Crippen molar-refractivity contribution in [2.24, 2.45) is 11.8 Å². The Bertz CT molecular complexity index is 1230. The fourth-order valence-corrected chi connectivity index (χ4v) is 6.68. The molecule has 6 rings (SSSR count). The topological polar surface area (TPSA) is 69.7 Å². The molecule has 3 amide bonds. The van der Waals surface area contributed by atoms with Crippen molar-refractivity contribution in [2.45, 2.75) is 24.4 Å². The maximum Gasteiger partial charge on any atom is 0.250 e. The van der Waals surface area contributed by atoms with Crippen LogP contribution in [0.25, 0.3) is 0 Å². The predicted octanol–water partition coefficient (Wildman–Crippen LogP) is 3.70. The maximum absolute atomic E-state index is 15.2. The molecule has 0 bridgehead atoms. The molecule has 0 radical (unpaired) electrons. The lowest BCUT2D eigenvalue weighted by Crippen LogP contribution is -2.54. The van der Waals surface area contributed by atoms with Gasteiger partial charge in [0.15, 0.2) is 0 Å². The molecule has 2 aromatic carbocycles. The van der Waals surface area contributed by atoms with Gasteiger partial charge in [0.2, 0.25) is 11.8 Å². The van der Waals surface area contributed by atoms with Crippen molar-refractivity contribution >= 4 is 52.3 Å². The SMILES string of the molecule is O=C1C2C3CCCN3C3(C(=O)Nc4c(F)ccc(F)c43)C2C(=O)N1c1cc(Cl)cc(Cl)c1. The quantitative estimate of drug-likeness (QED) is 0.635. The van der Waals surface area contributed by atoms with Crippen LogP contribution in [0.2, 0.25) is 10.0 Å². The van der Waals surface area contributed by atoms with Crippen LogP contribution >= 0.6 is 23.2 Å². The third-order valence-electron chi connectivity index (χ3n) is 7.14. The fraction of sp³-hybridized carbons (Fsp3) is 0.318. The number of halogens is 4. The largest absolute Gasteiger partial charge is 0.321 e. The molecule has 3 fully saturated rings. The van der Waals surface area contributed by atoms with Gasteiger partial charge >= 0.3 is 0 Å². The van der Waals surface area contributed by atoms with Crippen molar-refractivity contribution in [2.75, 3.05) is 16.8 Å². The van der Waals surface area contributed by atoms with Crippen molar-refractivity contribution in [1.82, 2.24) is 4.90 Å². The number of nitrogens with zero attached hydrogens (tertiary/aromatic N) is 2. The van der Waals surface area contributed by atoms with Crippen LogP contribution in [0.5, 0.6) is 0 Å². The minimum atomic E-state index is -1.79. The number of hydrogen-bond donors (Lipinski definition) is 1. The summed E-state index contributed by atoms with van der Waals surface area (Å²) in [5, 5.41) is 2.92. The summed E-state index contributed by atoms with van der Waals surface area (Å²) in [5.41, 5.74) is -2.08. The fourth-order valence-electron chi connectivity index (χ4n) is 6.16. The summed E-state index contributed by atoms with van der Waals surface area (Å²) in [5.74, 6) is -5.50. The number of carbonyl (C=O) groups is 3. The lowest BCUT2D eigenvalue weighted by atomic mass is 9.75. The van der Waals surface area contributed by atoms with Crippen LogP contribution in [-0.2, 0) is 19.9 Å². The molecule has 1 spiro atoms. The van der Waals surface area contributed by atoms with Crippen LogP contribution in [0.1, 0.15) is 18.4 Å². The van der Waals surface area contributed by atoms with E-state index in [0.717, 1.165) is 17.0 Å². The van der Waals surface area contributed by atoms with Gasteiger partial charge < -0.3 is 5.32 Å². The van der Waals surface area contributed by atoms with E-state index in [2.05, 4.69) is 5.32 Å². The van der Waals surface area contributed by atoms with E-state index in [4.69, 9.17) is 23.2 Å². The lowest BCUT2D eigenvalue weighted by molar-refractivity contribution is -0.135. The maximum atomic E-state index is 15.2. The number of carbonyl (C=O) groups excluding carboxylic acids is 3. The first-order valence-corrected chi connectivity index (χ1v) is 10.9. The molecule has 10 heteroatoms. The Hall–Kier alpha value is -2.55. The van der Waals surface area contributed by atoms with Crippen LogP contribution < -0.4 is 10.2 Å². The normalized spacial score (nSPS) is 30.8. The first-order chi connectivity index (χ1) is 15.3. The third-order valence-corrected chi connectivity index (χ3v) is 7.58. The molecule has 164 valence electrons. The Morgan fingerprint density at radius 3 is 2.41 bits per heavy atom. The Labute approximate surface area is 191 Å². The second kappa shape index (κ2) is 6.50. The van der Waals surface area contributed by atoms with E-state index < -0.39 is 52.8 Å². The molecule has 1 N–H and O–H groups in total. The molecule has 4 atom stereocenters. The van der Waals surface area contributed by atoms with Crippen LogP contribution in [0.3, 0.4) is 0 Å². The van der Waals surface area contributed by atoms with Gasteiger partial charge in [-0.1, -0.05) is 23.2 Å². The van der Waals surface area contributed by atoms with Crippen molar-refractivity contribution < 1.29 is 23.2 Å². The van der Waals surface area contributed by atoms with Crippen molar-refractivity contribution in [1.29, 1.82) is 0 Å². The number of benzene rings is 2. The number of nitrogens with one attached hydrogen (secondary N) is 1. The van der Waals surface area contributed by atoms with Crippen molar-refractivity contribution in [3.05, 3.63) is 57.6 Å². The second-order valence-corrected chi connectivity index (χ2v) is 9.42. The first-order valence-electron chi connectivity index (χ1n) is 10.2. The smallest absolute Gasteiger partial charge is 0.250 e. The number of imide groups is 1. The predicted molar refractivity (Wildman–Crippen MR) is 112 cm³/mol. The molecule has 6 nitrogen and oxygen atoms in total. The van der Waals surface area contributed by atoms with Crippen LogP contribution in [0.15, 0.2) is 30.3 Å². The van der Waals surface area contributed by atoms with E-state index in [9.17, 15) is 18.8 Å². The van der Waals surface area contributed by atoms with Gasteiger partial charge in [0, 0.05) is 21.7 Å². The van der Waals surface area contributed by atoms with E-state index in [1.165, 1.54) is 18.2 Å². The minimum absolute atomic E-state index is 0.185. The van der Waals surface area contributed by atoms with Crippen LogP contribution in [0.4, 0.5) is 20.2 Å². The molecule has 4 unspecified atom stereocenters. The molecule has 2 aromatic rings. The summed E-state index contributed by atoms with van der Waals surface area (Å²) in [6.45, 7) is 0.393. The molecule has 0 saturated carbocycles. The molecule has 4 aliphatic heterocycles. The Morgan fingerprint density at radius 2 is 1.69 bits per heavy atom. The Balaban J connectivity index is 1.59. The highest BCUT2D eigenvalue weighted by molar-refractivity contribution is 6.36. The molecule has 0 aliphatic carbocycles. The summed E-state index contributed by atoms with van der Waals surface area (Å²) in [4.78, 5) is 43.5. The van der Waals surface area contributed by atoms with E-state index in [-0.39, 0.29) is 27.0 Å². The van der Waals surface area contributed by atoms with E-state index in [1.807, 2.05) is 0 Å². The lowest BCUT2D eigenvalue weighted by Gasteiger charge is -2.36. The molecular weight excluding hydrogens is 463 g/mol. The van der Waals surface area contributed by atoms with Crippen molar-refractivity contribution in [3.8, 4) is 0 Å². The summed E-state index contributed by atoms with van der Waals surface area (Å²) in [6, 6.07) is 5.78. The van der Waals surface area contributed by atoms with Gasteiger partial charge in [-0.05, 0) is 49.7 Å². The standard InChI is InChI=1S/C22H15Cl2F2N3O3/c23-9-6-10(24)8-11(7-9)29-19(30)15-14-2-1-5-28(14)22(17(15)20(29)31)16-12(25)3-4-13(26)18(16)27-21(22)32/h3-4,6-8,14-15,17H,1-2,5H2,(H,27,32). The van der Waals surface area contributed by atoms with Gasteiger partial charge in [-0.25, -0.2) is 13.7 Å². The molecule has 3 saturated heterocycles. The minimum Gasteiger partial charge on any atom is -0.321 e. The molecule has 0 aromatic heterocycles. The zero-order valence-corrected chi connectivity index (χ0v) is 17.9. The van der Waals surface area contributed by atoms with Gasteiger partial charge in [0.05, 0.1) is 23.2 Å². The number of anilines is 2. The van der Waals surface area contributed by atoms with Gasteiger partial charge in [0.1, 0.15) is 17.2 Å². The van der Waals surface area contributed by atoms with E-state index in [0.29, 0.717) is 19.4 Å². The highest BCUT2D eigenvalue weighted by Crippen LogP contribution is 2.61. The monoisotopic (exact) mass is 477 g/mol. The van der Waals surface area contributed by atoms with E-state index >= 15 is 4.39 Å². The van der Waals surface area contributed by atoms with Crippen LogP contribution in [-0.4, -0.2) is 35.2 Å². The molecular formula is C22H15Cl2F2N3O3. The van der Waals surface area contributed by atoms with Gasteiger partial charge in [0.25, 0.3) is 5.91 Å². The van der Waals surface area contributed by atoms with Crippen molar-refractivity contribution in [3.63, 3.8) is 0 Å². The number of rotatable bonds is 1. The Kier molecular flexibility index (Phi) is 4.08.